The van der Waals surface area contributed by atoms with Gasteiger partial charge in [0, 0.05) is 17.9 Å². The first-order valence-corrected chi connectivity index (χ1v) is 10.4. The minimum absolute atomic E-state index is 0.125. The standard InChI is InChI=1S/C20H26ClN5O4/c1-13(2)3-7-19(28)20(29)26-17(9-10-30-26)18(27)8-4-14-11-15(21)5-6-16(14)25-12-22-23-24-25/h5-6,11-13,17,19,28H,3-4,7-10H2,1-2H3/t17-,19+/m0/s1. The van der Waals surface area contributed by atoms with Gasteiger partial charge in [0.15, 0.2) is 5.78 Å². The number of hydrogen-bond acceptors (Lipinski definition) is 7. The van der Waals surface area contributed by atoms with Crippen molar-refractivity contribution >= 4 is 23.3 Å². The third-order valence-electron chi connectivity index (χ3n) is 5.07. The quantitative estimate of drug-likeness (QED) is 0.642. The van der Waals surface area contributed by atoms with Crippen LogP contribution in [0.25, 0.3) is 5.69 Å². The Morgan fingerprint density at radius 1 is 1.33 bits per heavy atom. The summed E-state index contributed by atoms with van der Waals surface area (Å²) in [5.41, 5.74) is 1.55. The van der Waals surface area contributed by atoms with Crippen LogP contribution < -0.4 is 0 Å². The number of ketones is 1. The molecule has 1 saturated heterocycles. The Labute approximate surface area is 179 Å². The predicted octanol–water partition coefficient (Wildman–Crippen LogP) is 2.15. The molecule has 10 heteroatoms. The molecular formula is C20H26ClN5O4. The summed E-state index contributed by atoms with van der Waals surface area (Å²) in [6.45, 7) is 4.32. The van der Waals surface area contributed by atoms with Gasteiger partial charge in [0.2, 0.25) is 0 Å². The van der Waals surface area contributed by atoms with Crippen LogP contribution in [0.1, 0.15) is 45.1 Å². The number of aliphatic hydroxyl groups is 1. The predicted molar refractivity (Wildman–Crippen MR) is 109 cm³/mol. The molecule has 0 saturated carbocycles. The minimum atomic E-state index is -1.17. The van der Waals surface area contributed by atoms with Gasteiger partial charge in [-0.15, -0.1) is 5.10 Å². The highest BCUT2D eigenvalue weighted by molar-refractivity contribution is 6.30. The topological polar surface area (TPSA) is 110 Å². The lowest BCUT2D eigenvalue weighted by Crippen LogP contribution is -2.45. The summed E-state index contributed by atoms with van der Waals surface area (Å²) >= 11 is 6.13. The summed E-state index contributed by atoms with van der Waals surface area (Å²) in [5.74, 6) is -0.306. The zero-order valence-electron chi connectivity index (χ0n) is 17.1. The zero-order chi connectivity index (χ0) is 21.7. The second-order valence-corrected chi connectivity index (χ2v) is 8.22. The molecule has 2 atom stereocenters. The Kier molecular flexibility index (Phi) is 7.52. The third-order valence-corrected chi connectivity index (χ3v) is 5.31. The van der Waals surface area contributed by atoms with Crippen molar-refractivity contribution in [2.45, 2.75) is 58.1 Å². The van der Waals surface area contributed by atoms with Gasteiger partial charge in [-0.1, -0.05) is 25.4 Å². The Hall–Kier alpha value is -2.36. The fraction of sp³-hybridized carbons (Fsp3) is 0.550. The molecule has 2 heterocycles. The monoisotopic (exact) mass is 435 g/mol. The first-order valence-electron chi connectivity index (χ1n) is 10.1. The molecule has 0 spiro atoms. The minimum Gasteiger partial charge on any atom is -0.383 e. The van der Waals surface area contributed by atoms with Crippen LogP contribution in [0, 0.1) is 5.92 Å². The molecule has 1 aliphatic heterocycles. The summed E-state index contributed by atoms with van der Waals surface area (Å²) in [5, 5.41) is 23.0. The van der Waals surface area contributed by atoms with Crippen LogP contribution in [0.3, 0.4) is 0 Å². The Bertz CT molecular complexity index is 874. The molecule has 0 radical (unpaired) electrons. The van der Waals surface area contributed by atoms with Crippen LogP contribution in [0.5, 0.6) is 0 Å². The molecule has 2 aromatic rings. The van der Waals surface area contributed by atoms with Crippen molar-refractivity contribution in [3.05, 3.63) is 35.1 Å². The molecule has 9 nitrogen and oxygen atoms in total. The number of tetrazole rings is 1. The van der Waals surface area contributed by atoms with Gasteiger partial charge in [0.25, 0.3) is 5.91 Å². The highest BCUT2D eigenvalue weighted by Crippen LogP contribution is 2.24. The van der Waals surface area contributed by atoms with Gasteiger partial charge in [0.1, 0.15) is 18.5 Å². The smallest absolute Gasteiger partial charge is 0.275 e. The van der Waals surface area contributed by atoms with Crippen LogP contribution in [0.15, 0.2) is 24.5 Å². The number of hydroxylamine groups is 2. The number of hydrogen-bond donors (Lipinski definition) is 1. The molecule has 1 fully saturated rings. The fourth-order valence-electron chi connectivity index (χ4n) is 3.41. The summed E-state index contributed by atoms with van der Waals surface area (Å²) in [6, 6.07) is 4.60. The van der Waals surface area contributed by atoms with Crippen LogP contribution in [-0.4, -0.2) is 60.8 Å². The third kappa shape index (κ3) is 5.41. The number of aromatic nitrogens is 4. The van der Waals surface area contributed by atoms with Crippen molar-refractivity contribution in [2.24, 2.45) is 5.92 Å². The number of Topliss-reactive ketones (excluding diaryl/α,β-unsaturated/α-hetero) is 1. The van der Waals surface area contributed by atoms with E-state index < -0.39 is 18.1 Å². The number of amides is 1. The number of halogens is 1. The zero-order valence-corrected chi connectivity index (χ0v) is 17.8. The van der Waals surface area contributed by atoms with Gasteiger partial charge in [-0.2, -0.15) is 0 Å². The number of rotatable bonds is 9. The largest absolute Gasteiger partial charge is 0.383 e. The summed E-state index contributed by atoms with van der Waals surface area (Å²) in [6.07, 6.45) is 2.37. The van der Waals surface area contributed by atoms with E-state index >= 15 is 0 Å². The molecule has 0 unspecified atom stereocenters. The number of carbonyl (C=O) groups excluding carboxylic acids is 2. The van der Waals surface area contributed by atoms with E-state index in [2.05, 4.69) is 15.5 Å². The van der Waals surface area contributed by atoms with Gasteiger partial charge in [-0.3, -0.25) is 14.4 Å². The van der Waals surface area contributed by atoms with Gasteiger partial charge < -0.3 is 5.11 Å². The molecular weight excluding hydrogens is 410 g/mol. The second-order valence-electron chi connectivity index (χ2n) is 7.78. The van der Waals surface area contributed by atoms with Gasteiger partial charge in [-0.05, 0) is 59.4 Å². The number of benzene rings is 1. The van der Waals surface area contributed by atoms with Crippen molar-refractivity contribution in [1.82, 2.24) is 25.3 Å². The molecule has 162 valence electrons. The fourth-order valence-corrected chi connectivity index (χ4v) is 3.61. The molecule has 1 aliphatic rings. The van der Waals surface area contributed by atoms with Gasteiger partial charge in [-0.25, -0.2) is 9.75 Å². The van der Waals surface area contributed by atoms with E-state index in [0.717, 1.165) is 16.3 Å². The summed E-state index contributed by atoms with van der Waals surface area (Å²) in [7, 11) is 0. The molecule has 0 aliphatic carbocycles. The summed E-state index contributed by atoms with van der Waals surface area (Å²) < 4.78 is 1.51. The van der Waals surface area contributed by atoms with Crippen LogP contribution >= 0.6 is 11.6 Å². The Morgan fingerprint density at radius 2 is 2.13 bits per heavy atom. The maximum Gasteiger partial charge on any atom is 0.275 e. The first kappa shape index (κ1) is 22.3. The normalized spacial score (nSPS) is 17.5. The number of aliphatic hydroxyl groups excluding tert-OH is 1. The molecule has 1 N–H and O–H groups in total. The van der Waals surface area contributed by atoms with E-state index in [4.69, 9.17) is 16.4 Å². The molecule has 1 aromatic carbocycles. The number of aryl methyl sites for hydroxylation is 1. The van der Waals surface area contributed by atoms with E-state index in [0.29, 0.717) is 36.6 Å². The highest BCUT2D eigenvalue weighted by atomic mass is 35.5. The lowest BCUT2D eigenvalue weighted by atomic mass is 10.00. The Morgan fingerprint density at radius 3 is 2.83 bits per heavy atom. The lowest BCUT2D eigenvalue weighted by Gasteiger charge is -2.24. The maximum atomic E-state index is 12.9. The SMILES string of the molecule is CC(C)CC[C@@H](O)C(=O)N1OCC[C@H]1C(=O)CCc1cc(Cl)ccc1-n1cnnn1. The van der Waals surface area contributed by atoms with E-state index in [1.807, 2.05) is 13.8 Å². The molecule has 1 amide bonds. The van der Waals surface area contributed by atoms with Crippen LogP contribution in [-0.2, 0) is 20.8 Å². The number of carbonyl (C=O) groups is 2. The van der Waals surface area contributed by atoms with E-state index in [-0.39, 0.29) is 18.8 Å². The van der Waals surface area contributed by atoms with E-state index in [1.165, 1.54) is 11.0 Å². The van der Waals surface area contributed by atoms with Crippen LogP contribution in [0.4, 0.5) is 0 Å². The van der Waals surface area contributed by atoms with E-state index in [9.17, 15) is 14.7 Å². The molecule has 0 bridgehead atoms. The van der Waals surface area contributed by atoms with Crippen molar-refractivity contribution in [1.29, 1.82) is 0 Å². The van der Waals surface area contributed by atoms with Crippen molar-refractivity contribution in [2.75, 3.05) is 6.61 Å². The Balaban J connectivity index is 1.65. The average Bonchev–Trinajstić information content (AvgIpc) is 3.41. The maximum absolute atomic E-state index is 12.9. The molecule has 30 heavy (non-hydrogen) atoms. The highest BCUT2D eigenvalue weighted by Gasteiger charge is 2.37. The van der Waals surface area contributed by atoms with E-state index in [1.54, 1.807) is 18.2 Å². The number of nitrogens with zero attached hydrogens (tertiary/aromatic N) is 5. The first-order chi connectivity index (χ1) is 14.4. The average molecular weight is 436 g/mol. The van der Waals surface area contributed by atoms with Gasteiger partial charge >= 0.3 is 0 Å². The van der Waals surface area contributed by atoms with Crippen LogP contribution in [0.2, 0.25) is 5.02 Å². The van der Waals surface area contributed by atoms with Crippen molar-refractivity contribution in [3.8, 4) is 5.69 Å². The molecule has 1 aromatic heterocycles. The summed E-state index contributed by atoms with van der Waals surface area (Å²) in [4.78, 5) is 30.8. The second kappa shape index (κ2) is 10.1. The van der Waals surface area contributed by atoms with Crippen molar-refractivity contribution in [3.63, 3.8) is 0 Å². The lowest BCUT2D eigenvalue weighted by molar-refractivity contribution is -0.187. The molecule has 3 rings (SSSR count). The van der Waals surface area contributed by atoms with Gasteiger partial charge in [0.05, 0.1) is 12.3 Å². The van der Waals surface area contributed by atoms with Crippen molar-refractivity contribution < 1.29 is 19.5 Å².